The Morgan fingerprint density at radius 2 is 1.50 bits per heavy atom. The maximum Gasteiger partial charge on any atom is 0.119 e. The molecule has 1 aliphatic carbocycles. The quantitative estimate of drug-likeness (QED) is 0.146. The Hall–Kier alpha value is -3.06. The van der Waals surface area contributed by atoms with Gasteiger partial charge in [-0.1, -0.05) is 62.8 Å². The van der Waals surface area contributed by atoms with Gasteiger partial charge < -0.3 is 14.2 Å². The first-order valence-electron chi connectivity index (χ1n) is 14.3. The maximum absolute atomic E-state index is 5.90. The third kappa shape index (κ3) is 6.87. The number of unbranched alkanes of at least 4 members (excludes halogenated alkanes) is 3. The molecule has 2 aliphatic rings. The second-order valence-corrected chi connectivity index (χ2v) is 11.2. The number of hydrogen-bond donors (Lipinski definition) is 0. The summed E-state index contributed by atoms with van der Waals surface area (Å²) in [6.45, 7) is 8.38. The molecule has 1 saturated heterocycles. The molecule has 3 heteroatoms. The molecule has 0 N–H and O–H groups in total. The molecule has 3 aromatic carbocycles. The van der Waals surface area contributed by atoms with Crippen LogP contribution in [0.3, 0.4) is 0 Å². The van der Waals surface area contributed by atoms with E-state index in [0.29, 0.717) is 6.61 Å². The smallest absolute Gasteiger partial charge is 0.119 e. The van der Waals surface area contributed by atoms with Crippen LogP contribution in [-0.4, -0.2) is 33.0 Å². The third-order valence-electron chi connectivity index (χ3n) is 7.52. The molecule has 38 heavy (non-hydrogen) atoms. The van der Waals surface area contributed by atoms with Crippen LogP contribution in [0.25, 0.3) is 11.1 Å². The molecule has 0 aromatic heterocycles. The number of aryl methyl sites for hydroxylation is 1. The second-order valence-electron chi connectivity index (χ2n) is 11.2. The molecule has 3 nitrogen and oxygen atoms in total. The summed E-state index contributed by atoms with van der Waals surface area (Å²) in [5.74, 6) is 7.57. The summed E-state index contributed by atoms with van der Waals surface area (Å²) in [6.07, 6.45) is 8.04. The van der Waals surface area contributed by atoms with Gasteiger partial charge in [-0.2, -0.15) is 0 Å². The van der Waals surface area contributed by atoms with Crippen LogP contribution in [0, 0.1) is 17.3 Å². The minimum Gasteiger partial charge on any atom is -0.494 e. The Morgan fingerprint density at radius 1 is 0.789 bits per heavy atom. The molecular formula is C35H40O3. The standard InChI is InChI=1S/C35H40O3/c1-3-4-5-8-28-13-17-33-30(21-28)23-31-22-29(14-18-34(31)33)10-9-27-11-15-32(16-12-27)38-20-7-6-19-36-24-35(2)25-37-26-35/h11-18,21-22H,3-8,19-20,23-26H2,1-2H3. The number of benzene rings is 3. The molecule has 0 unspecified atom stereocenters. The molecule has 1 aliphatic heterocycles. The molecule has 0 bridgehead atoms. The lowest BCUT2D eigenvalue weighted by Gasteiger charge is -2.37. The fourth-order valence-electron chi connectivity index (χ4n) is 5.20. The average molecular weight is 509 g/mol. The maximum atomic E-state index is 5.90. The first kappa shape index (κ1) is 26.5. The van der Waals surface area contributed by atoms with Crippen LogP contribution < -0.4 is 4.74 Å². The van der Waals surface area contributed by atoms with Gasteiger partial charge in [-0.15, -0.1) is 0 Å². The Labute approximate surface area is 228 Å². The van der Waals surface area contributed by atoms with Crippen LogP contribution in [0.5, 0.6) is 5.75 Å². The second kappa shape index (κ2) is 12.7. The van der Waals surface area contributed by atoms with Crippen LogP contribution in [0.2, 0.25) is 0 Å². The van der Waals surface area contributed by atoms with Crippen molar-refractivity contribution in [2.45, 2.75) is 58.8 Å². The minimum atomic E-state index is 0.228. The third-order valence-corrected chi connectivity index (χ3v) is 7.52. The van der Waals surface area contributed by atoms with Gasteiger partial charge in [-0.05, 0) is 96.3 Å². The Bertz CT molecular complexity index is 1270. The van der Waals surface area contributed by atoms with Crippen molar-refractivity contribution >= 4 is 0 Å². The molecule has 0 amide bonds. The lowest BCUT2D eigenvalue weighted by molar-refractivity contribution is -0.138. The van der Waals surface area contributed by atoms with Crippen molar-refractivity contribution in [3.05, 3.63) is 88.5 Å². The van der Waals surface area contributed by atoms with Gasteiger partial charge in [0.1, 0.15) is 5.75 Å². The summed E-state index contributed by atoms with van der Waals surface area (Å²) < 4.78 is 16.9. The highest BCUT2D eigenvalue weighted by atomic mass is 16.5. The SMILES string of the molecule is CCCCCc1ccc2c(c1)Cc1cc(C#Cc3ccc(OCCCCOCC4(C)COC4)cc3)ccc1-2. The zero-order chi connectivity index (χ0) is 26.2. The van der Waals surface area contributed by atoms with Crippen molar-refractivity contribution in [1.82, 2.24) is 0 Å². The van der Waals surface area contributed by atoms with E-state index in [-0.39, 0.29) is 5.41 Å². The van der Waals surface area contributed by atoms with Crippen LogP contribution in [0.1, 0.15) is 73.8 Å². The van der Waals surface area contributed by atoms with E-state index in [1.807, 2.05) is 24.3 Å². The molecule has 0 radical (unpaired) electrons. The van der Waals surface area contributed by atoms with Gasteiger partial charge in [0.25, 0.3) is 0 Å². The lowest BCUT2D eigenvalue weighted by atomic mass is 9.90. The van der Waals surface area contributed by atoms with E-state index in [0.717, 1.165) is 62.6 Å². The number of ether oxygens (including phenoxy) is 3. The largest absolute Gasteiger partial charge is 0.494 e. The summed E-state index contributed by atoms with van der Waals surface area (Å²) in [5.41, 5.74) is 9.36. The topological polar surface area (TPSA) is 27.7 Å². The first-order valence-corrected chi connectivity index (χ1v) is 14.3. The Morgan fingerprint density at radius 3 is 2.26 bits per heavy atom. The summed E-state index contributed by atoms with van der Waals surface area (Å²) in [6, 6.07) is 21.8. The van der Waals surface area contributed by atoms with Gasteiger partial charge in [-0.25, -0.2) is 0 Å². The summed E-state index contributed by atoms with van der Waals surface area (Å²) >= 11 is 0. The number of rotatable bonds is 12. The molecule has 198 valence electrons. The van der Waals surface area contributed by atoms with E-state index in [1.165, 1.54) is 53.5 Å². The molecule has 0 spiro atoms. The first-order chi connectivity index (χ1) is 18.6. The lowest BCUT2D eigenvalue weighted by Crippen LogP contribution is -2.43. The molecule has 0 saturated carbocycles. The Balaban J connectivity index is 1.08. The van der Waals surface area contributed by atoms with Crippen LogP contribution in [0.15, 0.2) is 60.7 Å². The van der Waals surface area contributed by atoms with Crippen molar-refractivity contribution in [2.75, 3.05) is 33.0 Å². The van der Waals surface area contributed by atoms with E-state index in [1.54, 1.807) is 0 Å². The van der Waals surface area contributed by atoms with E-state index in [4.69, 9.17) is 14.2 Å². The molecule has 1 heterocycles. The summed E-state index contributed by atoms with van der Waals surface area (Å²) in [4.78, 5) is 0. The van der Waals surface area contributed by atoms with Gasteiger partial charge in [0, 0.05) is 23.1 Å². The Kier molecular flexibility index (Phi) is 8.84. The van der Waals surface area contributed by atoms with Gasteiger partial charge in [0.2, 0.25) is 0 Å². The van der Waals surface area contributed by atoms with Crippen LogP contribution in [0.4, 0.5) is 0 Å². The zero-order valence-corrected chi connectivity index (χ0v) is 23.0. The predicted octanol–water partition coefficient (Wildman–Crippen LogP) is 7.60. The fourth-order valence-corrected chi connectivity index (χ4v) is 5.20. The number of hydrogen-bond acceptors (Lipinski definition) is 3. The normalized spacial score (nSPS) is 14.7. The van der Waals surface area contributed by atoms with Crippen LogP contribution in [-0.2, 0) is 22.3 Å². The van der Waals surface area contributed by atoms with Gasteiger partial charge in [-0.3, -0.25) is 0 Å². The summed E-state index contributed by atoms with van der Waals surface area (Å²) in [7, 11) is 0. The molecule has 0 atom stereocenters. The predicted molar refractivity (Wildman–Crippen MR) is 155 cm³/mol. The van der Waals surface area contributed by atoms with Crippen molar-refractivity contribution in [3.63, 3.8) is 0 Å². The van der Waals surface area contributed by atoms with Crippen molar-refractivity contribution in [1.29, 1.82) is 0 Å². The van der Waals surface area contributed by atoms with E-state index < -0.39 is 0 Å². The van der Waals surface area contributed by atoms with E-state index >= 15 is 0 Å². The monoisotopic (exact) mass is 508 g/mol. The highest BCUT2D eigenvalue weighted by Crippen LogP contribution is 2.37. The highest BCUT2D eigenvalue weighted by molar-refractivity contribution is 5.77. The minimum absolute atomic E-state index is 0.228. The van der Waals surface area contributed by atoms with Crippen molar-refractivity contribution in [2.24, 2.45) is 5.41 Å². The van der Waals surface area contributed by atoms with Crippen molar-refractivity contribution < 1.29 is 14.2 Å². The molecule has 1 fully saturated rings. The summed E-state index contributed by atoms with van der Waals surface area (Å²) in [5, 5.41) is 0. The average Bonchev–Trinajstić information content (AvgIpc) is 3.28. The fraction of sp³-hybridized carbons (Fsp3) is 0.429. The van der Waals surface area contributed by atoms with E-state index in [2.05, 4.69) is 62.1 Å². The molecular weight excluding hydrogens is 468 g/mol. The van der Waals surface area contributed by atoms with E-state index in [9.17, 15) is 0 Å². The highest BCUT2D eigenvalue weighted by Gasteiger charge is 2.33. The van der Waals surface area contributed by atoms with Gasteiger partial charge >= 0.3 is 0 Å². The van der Waals surface area contributed by atoms with Gasteiger partial charge in [0.15, 0.2) is 0 Å². The van der Waals surface area contributed by atoms with Crippen molar-refractivity contribution in [3.8, 4) is 28.7 Å². The van der Waals surface area contributed by atoms with Crippen LogP contribution >= 0.6 is 0 Å². The molecule has 5 rings (SSSR count). The zero-order valence-electron chi connectivity index (χ0n) is 23.0. The molecule has 3 aromatic rings. The van der Waals surface area contributed by atoms with Gasteiger partial charge in [0.05, 0.1) is 26.4 Å². The number of fused-ring (bicyclic) bond motifs is 3.